The summed E-state index contributed by atoms with van der Waals surface area (Å²) in [5.74, 6) is 0.155. The van der Waals surface area contributed by atoms with Gasteiger partial charge in [-0.15, -0.1) is 0 Å². The molecule has 0 saturated heterocycles. The molecule has 1 heterocycles. The van der Waals surface area contributed by atoms with Crippen LogP contribution >= 0.6 is 0 Å². The highest BCUT2D eigenvalue weighted by molar-refractivity contribution is 5.84. The van der Waals surface area contributed by atoms with E-state index in [9.17, 15) is 5.21 Å². The van der Waals surface area contributed by atoms with E-state index < -0.39 is 5.60 Å². The quantitative estimate of drug-likeness (QED) is 0.681. The van der Waals surface area contributed by atoms with E-state index in [1.54, 1.807) is 0 Å². The second-order valence-corrected chi connectivity index (χ2v) is 4.92. The summed E-state index contributed by atoms with van der Waals surface area (Å²) in [7, 11) is 0. The third kappa shape index (κ3) is 2.03. The van der Waals surface area contributed by atoms with Crippen molar-refractivity contribution >= 4 is 5.71 Å². The molecule has 86 valence electrons. The Balaban J connectivity index is 2.38. The lowest BCUT2D eigenvalue weighted by Crippen LogP contribution is -2.40. The summed E-state index contributed by atoms with van der Waals surface area (Å²) in [4.78, 5) is 5.95. The predicted octanol–water partition coefficient (Wildman–Crippen LogP) is 2.86. The fraction of sp³-hybridized carbons (Fsp3) is 0.462. The Kier molecular flexibility index (Phi) is 2.62. The van der Waals surface area contributed by atoms with E-state index in [0.717, 1.165) is 12.1 Å². The largest absolute Gasteiger partial charge is 0.397 e. The normalized spacial score (nSPS) is 24.1. The van der Waals surface area contributed by atoms with Gasteiger partial charge in [0.05, 0.1) is 11.5 Å². The van der Waals surface area contributed by atoms with Crippen molar-refractivity contribution in [1.82, 2.24) is 0 Å². The maximum atomic E-state index is 11.7. The molecule has 2 rings (SSSR count). The Bertz CT molecular complexity index is 409. The highest BCUT2D eigenvalue weighted by Gasteiger charge is 2.35. The Morgan fingerprint density at radius 1 is 1.31 bits per heavy atom. The summed E-state index contributed by atoms with van der Waals surface area (Å²) in [5, 5.41) is 11.7. The predicted molar refractivity (Wildman–Crippen MR) is 63.3 cm³/mol. The van der Waals surface area contributed by atoms with Gasteiger partial charge < -0.3 is 4.84 Å². The van der Waals surface area contributed by atoms with Gasteiger partial charge in [-0.05, 0) is 25.8 Å². The van der Waals surface area contributed by atoms with Crippen LogP contribution in [0.15, 0.2) is 30.3 Å². The van der Waals surface area contributed by atoms with Gasteiger partial charge in [0.25, 0.3) is 0 Å². The molecule has 1 aromatic carbocycles. The van der Waals surface area contributed by atoms with Gasteiger partial charge in [0.1, 0.15) is 0 Å². The first-order valence-corrected chi connectivity index (χ1v) is 5.54. The summed E-state index contributed by atoms with van der Waals surface area (Å²) < 4.78 is 0. The lowest BCUT2D eigenvalue weighted by molar-refractivity contribution is -0.770. The molecule has 1 aliphatic rings. The van der Waals surface area contributed by atoms with Gasteiger partial charge >= 0.3 is 0 Å². The number of hydrogen-bond acceptors (Lipinski definition) is 2. The van der Waals surface area contributed by atoms with Crippen molar-refractivity contribution in [2.45, 2.75) is 38.7 Å². The van der Waals surface area contributed by atoms with Gasteiger partial charge in [-0.1, -0.05) is 30.3 Å². The van der Waals surface area contributed by atoms with Gasteiger partial charge in [0, 0.05) is 11.8 Å². The van der Waals surface area contributed by atoms with Crippen LogP contribution in [0.3, 0.4) is 0 Å². The number of hydrogen-bond donors (Lipinski definition) is 0. The second-order valence-electron chi connectivity index (χ2n) is 4.92. The average Bonchev–Trinajstić information content (AvgIpc) is 2.24. The number of rotatable bonds is 1. The van der Waals surface area contributed by atoms with Gasteiger partial charge in [0.2, 0.25) is 5.71 Å². The van der Waals surface area contributed by atoms with Crippen molar-refractivity contribution in [2.24, 2.45) is 0 Å². The lowest BCUT2D eigenvalue weighted by Gasteiger charge is -2.35. The Hall–Kier alpha value is -1.51. The molecule has 0 spiro atoms. The van der Waals surface area contributed by atoms with Gasteiger partial charge in [-0.25, -0.2) is 0 Å². The minimum atomic E-state index is -0.401. The second kappa shape index (κ2) is 3.81. The van der Waals surface area contributed by atoms with Crippen molar-refractivity contribution in [1.29, 1.82) is 0 Å². The molecule has 0 bridgehead atoms. The van der Waals surface area contributed by atoms with Crippen LogP contribution < -0.4 is 0 Å². The summed E-state index contributed by atoms with van der Waals surface area (Å²) in [6.45, 7) is 5.72. The third-order valence-corrected chi connectivity index (χ3v) is 3.02. The molecule has 0 aromatic heterocycles. The van der Waals surface area contributed by atoms with Crippen molar-refractivity contribution < 1.29 is 9.74 Å². The highest BCUT2D eigenvalue weighted by atomic mass is 16.9. The molecule has 3 nitrogen and oxygen atoms in total. The van der Waals surface area contributed by atoms with E-state index in [2.05, 4.69) is 12.1 Å². The van der Waals surface area contributed by atoms with Crippen molar-refractivity contribution in [2.75, 3.05) is 0 Å². The van der Waals surface area contributed by atoms with Crippen LogP contribution in [0.2, 0.25) is 0 Å². The van der Waals surface area contributed by atoms with Gasteiger partial charge in [-0.3, -0.25) is 5.21 Å². The molecule has 0 amide bonds. The zero-order valence-electron chi connectivity index (χ0n) is 9.93. The molecular formula is C13H17NO2. The van der Waals surface area contributed by atoms with E-state index in [-0.39, 0.29) is 5.92 Å². The molecule has 0 fully saturated rings. The van der Waals surface area contributed by atoms with E-state index in [4.69, 9.17) is 4.84 Å². The first-order chi connectivity index (χ1) is 7.49. The summed E-state index contributed by atoms with van der Waals surface area (Å²) in [6, 6.07) is 10.1. The maximum Gasteiger partial charge on any atom is 0.226 e. The minimum absolute atomic E-state index is 0.155. The van der Waals surface area contributed by atoms with Gasteiger partial charge in [0.15, 0.2) is 0 Å². The van der Waals surface area contributed by atoms with E-state index in [0.29, 0.717) is 4.90 Å². The summed E-state index contributed by atoms with van der Waals surface area (Å²) in [5.41, 5.74) is 1.50. The van der Waals surface area contributed by atoms with Gasteiger partial charge in [-0.2, -0.15) is 0 Å². The molecule has 0 N–H and O–H groups in total. The molecule has 0 aliphatic carbocycles. The van der Waals surface area contributed by atoms with Crippen LogP contribution in [-0.4, -0.2) is 16.2 Å². The Morgan fingerprint density at radius 3 is 2.56 bits per heavy atom. The van der Waals surface area contributed by atoms with E-state index in [1.165, 1.54) is 5.56 Å². The summed E-state index contributed by atoms with van der Waals surface area (Å²) >= 11 is 0. The van der Waals surface area contributed by atoms with Crippen LogP contribution in [0.25, 0.3) is 0 Å². The molecule has 3 heteroatoms. The Labute approximate surface area is 95.9 Å². The molecule has 1 aliphatic heterocycles. The zero-order valence-corrected chi connectivity index (χ0v) is 9.93. The molecule has 1 atom stereocenters. The fourth-order valence-electron chi connectivity index (χ4n) is 2.14. The first kappa shape index (κ1) is 11.0. The molecular weight excluding hydrogens is 202 g/mol. The molecule has 0 radical (unpaired) electrons. The molecule has 1 aromatic rings. The van der Waals surface area contributed by atoms with Crippen LogP contribution in [0.5, 0.6) is 0 Å². The van der Waals surface area contributed by atoms with E-state index in [1.807, 2.05) is 39.0 Å². The highest BCUT2D eigenvalue weighted by Crippen LogP contribution is 2.33. The maximum absolute atomic E-state index is 11.7. The smallest absolute Gasteiger partial charge is 0.226 e. The zero-order chi connectivity index (χ0) is 11.8. The van der Waals surface area contributed by atoms with Crippen LogP contribution in [0.1, 0.15) is 38.7 Å². The third-order valence-electron chi connectivity index (χ3n) is 3.02. The lowest BCUT2D eigenvalue weighted by atomic mass is 9.84. The number of benzene rings is 1. The van der Waals surface area contributed by atoms with Crippen molar-refractivity contribution in [3.63, 3.8) is 0 Å². The van der Waals surface area contributed by atoms with Crippen LogP contribution in [0.4, 0.5) is 0 Å². The molecule has 0 saturated carbocycles. The monoisotopic (exact) mass is 219 g/mol. The van der Waals surface area contributed by atoms with Crippen LogP contribution in [0, 0.1) is 5.21 Å². The molecule has 16 heavy (non-hydrogen) atoms. The summed E-state index contributed by atoms with van der Waals surface area (Å²) in [6.07, 6.45) is 0.835. The van der Waals surface area contributed by atoms with Crippen LogP contribution in [-0.2, 0) is 4.84 Å². The molecule has 1 unspecified atom stereocenters. The van der Waals surface area contributed by atoms with Crippen molar-refractivity contribution in [3.8, 4) is 0 Å². The van der Waals surface area contributed by atoms with E-state index >= 15 is 0 Å². The SMILES string of the molecule is CC1=[N+]([O-])OC(C)(C)CC1c1ccccc1. The standard InChI is InChI=1S/C13H17NO2/c1-10-12(11-7-5-4-6-8-11)9-13(2,3)16-14(10)15/h4-8,12H,9H2,1-3H3. The fourth-order valence-corrected chi connectivity index (χ4v) is 2.14. The topological polar surface area (TPSA) is 35.3 Å². The Morgan fingerprint density at radius 2 is 1.94 bits per heavy atom. The van der Waals surface area contributed by atoms with Crippen molar-refractivity contribution in [3.05, 3.63) is 41.1 Å². The first-order valence-electron chi connectivity index (χ1n) is 5.54. The average molecular weight is 219 g/mol. The number of nitrogens with zero attached hydrogens (tertiary/aromatic N) is 1. The minimum Gasteiger partial charge on any atom is -0.397 e.